The van der Waals surface area contributed by atoms with Gasteiger partial charge in [-0.15, -0.1) is 0 Å². The topological polar surface area (TPSA) is 79.2 Å². The van der Waals surface area contributed by atoms with Gasteiger partial charge in [0.2, 0.25) is 11.9 Å². The highest BCUT2D eigenvalue weighted by atomic mass is 16.3. The number of aromatic nitrogens is 2. The third kappa shape index (κ3) is 4.06. The molecule has 1 amide bonds. The summed E-state index contributed by atoms with van der Waals surface area (Å²) in [5, 5.41) is 15.8. The van der Waals surface area contributed by atoms with Crippen molar-refractivity contribution in [1.82, 2.24) is 14.9 Å². The van der Waals surface area contributed by atoms with E-state index in [-0.39, 0.29) is 12.5 Å². The van der Waals surface area contributed by atoms with Crippen LogP contribution in [-0.4, -0.2) is 39.3 Å². The second kappa shape index (κ2) is 7.66. The number of amides is 1. The lowest BCUT2D eigenvalue weighted by Gasteiger charge is -2.23. The lowest BCUT2D eigenvalue weighted by atomic mass is 9.95. The average molecular weight is 330 g/mol. The maximum atomic E-state index is 12.5. The normalized spacial score (nSPS) is 16.9. The van der Waals surface area contributed by atoms with Gasteiger partial charge in [-0.25, -0.2) is 4.98 Å². The van der Waals surface area contributed by atoms with Crippen LogP contribution in [0.3, 0.4) is 0 Å². The third-order valence-corrected chi connectivity index (χ3v) is 4.48. The van der Waals surface area contributed by atoms with Crippen molar-refractivity contribution >= 4 is 22.9 Å². The zero-order valence-electron chi connectivity index (χ0n) is 14.2. The first-order chi connectivity index (χ1) is 11.6. The van der Waals surface area contributed by atoms with Crippen molar-refractivity contribution in [2.24, 2.45) is 0 Å². The third-order valence-electron chi connectivity index (χ3n) is 4.48. The highest BCUT2D eigenvalue weighted by molar-refractivity contribution is 5.83. The summed E-state index contributed by atoms with van der Waals surface area (Å²) < 4.78 is 1.88. The van der Waals surface area contributed by atoms with Crippen molar-refractivity contribution < 1.29 is 9.90 Å². The first kappa shape index (κ1) is 16.8. The number of carbonyl (C=O) groups is 1. The van der Waals surface area contributed by atoms with Gasteiger partial charge in [0.1, 0.15) is 6.54 Å². The van der Waals surface area contributed by atoms with E-state index in [0.29, 0.717) is 18.5 Å². The molecule has 24 heavy (non-hydrogen) atoms. The molecule has 1 fully saturated rings. The van der Waals surface area contributed by atoms with Crippen molar-refractivity contribution in [2.45, 2.75) is 57.7 Å². The molecule has 1 aliphatic carbocycles. The van der Waals surface area contributed by atoms with Crippen LogP contribution in [0.1, 0.15) is 39.0 Å². The second-order valence-corrected chi connectivity index (χ2v) is 6.64. The number of aliphatic hydroxyl groups is 1. The van der Waals surface area contributed by atoms with Crippen molar-refractivity contribution in [3.8, 4) is 0 Å². The Morgan fingerprint density at radius 3 is 2.83 bits per heavy atom. The van der Waals surface area contributed by atoms with Gasteiger partial charge >= 0.3 is 0 Å². The number of imidazole rings is 1. The molecular weight excluding hydrogens is 304 g/mol. The van der Waals surface area contributed by atoms with Gasteiger partial charge in [0.25, 0.3) is 0 Å². The van der Waals surface area contributed by atoms with Crippen molar-refractivity contribution in [1.29, 1.82) is 0 Å². The Balaban J connectivity index is 1.75. The Labute approximate surface area is 142 Å². The van der Waals surface area contributed by atoms with Crippen LogP contribution in [0.4, 0.5) is 5.95 Å². The molecule has 1 saturated carbocycles. The van der Waals surface area contributed by atoms with Crippen LogP contribution in [0, 0.1) is 0 Å². The zero-order valence-corrected chi connectivity index (χ0v) is 14.2. The molecule has 1 atom stereocenters. The van der Waals surface area contributed by atoms with E-state index in [1.165, 1.54) is 19.3 Å². The van der Waals surface area contributed by atoms with E-state index in [4.69, 9.17) is 0 Å². The molecule has 3 rings (SSSR count). The van der Waals surface area contributed by atoms with Crippen LogP contribution < -0.4 is 10.6 Å². The van der Waals surface area contributed by atoms with Gasteiger partial charge < -0.3 is 20.3 Å². The maximum absolute atomic E-state index is 12.5. The van der Waals surface area contributed by atoms with Gasteiger partial charge in [-0.3, -0.25) is 4.79 Å². The van der Waals surface area contributed by atoms with Crippen molar-refractivity contribution in [2.75, 3.05) is 11.9 Å². The standard InChI is InChI=1S/C18H26N4O2/c1-13(23)11-19-18-21-15-9-5-6-10-16(15)22(18)12-17(24)20-14-7-3-2-4-8-14/h5-6,9-10,13-14,23H,2-4,7-8,11-12H2,1H3,(H,19,21)(H,20,24)/t13-/m1/s1. The van der Waals surface area contributed by atoms with Gasteiger partial charge in [0.05, 0.1) is 17.1 Å². The molecule has 1 aromatic heterocycles. The molecule has 0 spiro atoms. The van der Waals surface area contributed by atoms with Crippen LogP contribution in [0.5, 0.6) is 0 Å². The van der Waals surface area contributed by atoms with Crippen LogP contribution in [0.2, 0.25) is 0 Å². The predicted octanol–water partition coefficient (Wildman–Crippen LogP) is 2.28. The fraction of sp³-hybridized carbons (Fsp3) is 0.556. The van der Waals surface area contributed by atoms with E-state index in [9.17, 15) is 9.90 Å². The summed E-state index contributed by atoms with van der Waals surface area (Å²) >= 11 is 0. The highest BCUT2D eigenvalue weighted by Gasteiger charge is 2.18. The number of hydrogen-bond acceptors (Lipinski definition) is 4. The number of hydrogen-bond donors (Lipinski definition) is 3. The Morgan fingerprint density at radius 2 is 2.08 bits per heavy atom. The molecular formula is C18H26N4O2. The van der Waals surface area contributed by atoms with E-state index >= 15 is 0 Å². The van der Waals surface area contributed by atoms with E-state index in [1.54, 1.807) is 6.92 Å². The van der Waals surface area contributed by atoms with Crippen molar-refractivity contribution in [3.05, 3.63) is 24.3 Å². The van der Waals surface area contributed by atoms with Gasteiger partial charge in [-0.05, 0) is 31.9 Å². The predicted molar refractivity (Wildman–Crippen MR) is 94.9 cm³/mol. The largest absolute Gasteiger partial charge is 0.392 e. The van der Waals surface area contributed by atoms with E-state index in [2.05, 4.69) is 15.6 Å². The summed E-state index contributed by atoms with van der Waals surface area (Å²) in [7, 11) is 0. The Kier molecular flexibility index (Phi) is 5.35. The number of carbonyl (C=O) groups excluding carboxylic acids is 1. The van der Waals surface area contributed by atoms with Gasteiger partial charge in [0.15, 0.2) is 0 Å². The van der Waals surface area contributed by atoms with Gasteiger partial charge in [-0.2, -0.15) is 0 Å². The summed E-state index contributed by atoms with van der Waals surface area (Å²) in [5.41, 5.74) is 1.76. The summed E-state index contributed by atoms with van der Waals surface area (Å²) in [6.45, 7) is 2.35. The first-order valence-corrected chi connectivity index (χ1v) is 8.80. The quantitative estimate of drug-likeness (QED) is 0.759. The first-order valence-electron chi connectivity index (χ1n) is 8.80. The highest BCUT2D eigenvalue weighted by Crippen LogP contribution is 2.20. The number of aliphatic hydroxyl groups excluding tert-OH is 1. The summed E-state index contributed by atoms with van der Waals surface area (Å²) in [5.74, 6) is 0.640. The summed E-state index contributed by atoms with van der Waals surface area (Å²) in [6.07, 6.45) is 5.33. The number of benzene rings is 1. The molecule has 130 valence electrons. The fourth-order valence-corrected chi connectivity index (χ4v) is 3.27. The molecule has 1 heterocycles. The average Bonchev–Trinajstić information content (AvgIpc) is 2.91. The second-order valence-electron chi connectivity index (χ2n) is 6.64. The number of rotatable bonds is 6. The smallest absolute Gasteiger partial charge is 0.240 e. The number of para-hydroxylation sites is 2. The summed E-state index contributed by atoms with van der Waals surface area (Å²) in [4.78, 5) is 17.0. The molecule has 0 aliphatic heterocycles. The SMILES string of the molecule is C[C@@H](O)CNc1nc2ccccc2n1CC(=O)NC1CCCCC1. The Morgan fingerprint density at radius 1 is 1.33 bits per heavy atom. The molecule has 2 aromatic rings. The van der Waals surface area contributed by atoms with Crippen molar-refractivity contribution in [3.63, 3.8) is 0 Å². The number of fused-ring (bicyclic) bond motifs is 1. The molecule has 0 saturated heterocycles. The minimum absolute atomic E-state index is 0.0187. The fourth-order valence-electron chi connectivity index (χ4n) is 3.27. The molecule has 6 nitrogen and oxygen atoms in total. The van der Waals surface area contributed by atoms with Gasteiger partial charge in [-0.1, -0.05) is 31.4 Å². The number of anilines is 1. The molecule has 3 N–H and O–H groups in total. The Hall–Kier alpha value is -2.08. The zero-order chi connectivity index (χ0) is 16.9. The van der Waals surface area contributed by atoms with Crippen LogP contribution >= 0.6 is 0 Å². The minimum atomic E-state index is -0.477. The lowest BCUT2D eigenvalue weighted by molar-refractivity contribution is -0.122. The maximum Gasteiger partial charge on any atom is 0.240 e. The molecule has 0 unspecified atom stereocenters. The van der Waals surface area contributed by atoms with E-state index < -0.39 is 6.10 Å². The van der Waals surface area contributed by atoms with Gasteiger partial charge in [0, 0.05) is 12.6 Å². The number of nitrogens with one attached hydrogen (secondary N) is 2. The summed E-state index contributed by atoms with van der Waals surface area (Å²) in [6, 6.07) is 8.07. The van der Waals surface area contributed by atoms with Crippen LogP contribution in [-0.2, 0) is 11.3 Å². The lowest BCUT2D eigenvalue weighted by Crippen LogP contribution is -2.38. The van der Waals surface area contributed by atoms with Crippen LogP contribution in [0.15, 0.2) is 24.3 Å². The molecule has 0 radical (unpaired) electrons. The minimum Gasteiger partial charge on any atom is -0.392 e. The molecule has 6 heteroatoms. The van der Waals surface area contributed by atoms with E-state index in [1.807, 2.05) is 28.8 Å². The Bertz CT molecular complexity index is 689. The van der Waals surface area contributed by atoms with Crippen LogP contribution in [0.25, 0.3) is 11.0 Å². The number of nitrogens with zero attached hydrogens (tertiary/aromatic N) is 2. The molecule has 0 bridgehead atoms. The molecule has 1 aliphatic rings. The van der Waals surface area contributed by atoms with E-state index in [0.717, 1.165) is 23.9 Å². The monoisotopic (exact) mass is 330 g/mol. The molecule has 1 aromatic carbocycles.